The minimum Gasteiger partial charge on any atom is -0.326 e. The van der Waals surface area contributed by atoms with Crippen molar-refractivity contribution in [2.24, 2.45) is 5.73 Å². The number of rotatable bonds is 1. The first kappa shape index (κ1) is 12.0. The summed E-state index contributed by atoms with van der Waals surface area (Å²) in [6.07, 6.45) is 0. The van der Waals surface area contributed by atoms with Gasteiger partial charge in [-0.3, -0.25) is 4.79 Å². The minimum absolute atomic E-state index is 0.0506. The molecule has 1 heterocycles. The largest absolute Gasteiger partial charge is 0.326 e. The van der Waals surface area contributed by atoms with Crippen LogP contribution in [-0.2, 0) is 12.1 Å². The normalized spacial score (nSPS) is 11.9. The highest BCUT2D eigenvalue weighted by atomic mass is 16.1. The minimum atomic E-state index is -0.196. The van der Waals surface area contributed by atoms with Gasteiger partial charge in [0.2, 0.25) is 0 Å². The maximum absolute atomic E-state index is 11.9. The molecule has 0 bridgehead atoms. The summed E-state index contributed by atoms with van der Waals surface area (Å²) in [4.78, 5) is 11.9. The summed E-state index contributed by atoms with van der Waals surface area (Å²) in [5, 5.41) is 0. The monoisotopic (exact) mass is 208 g/mol. The van der Waals surface area contributed by atoms with Gasteiger partial charge in [0.15, 0.2) is 0 Å². The third-order valence-corrected chi connectivity index (χ3v) is 2.68. The standard InChI is InChI=1S/C12H20N2O/c1-8-6-11(15)14(12(3,4)5)9(2)10(8)7-13/h6H,7,13H2,1-5H3. The van der Waals surface area contributed by atoms with Crippen molar-refractivity contribution in [2.75, 3.05) is 0 Å². The molecule has 15 heavy (non-hydrogen) atoms. The molecule has 0 saturated heterocycles. The van der Waals surface area contributed by atoms with Crippen molar-refractivity contribution in [1.82, 2.24) is 4.57 Å². The highest BCUT2D eigenvalue weighted by Crippen LogP contribution is 2.18. The lowest BCUT2D eigenvalue weighted by Crippen LogP contribution is -2.36. The van der Waals surface area contributed by atoms with Crippen LogP contribution in [0.1, 0.15) is 37.6 Å². The van der Waals surface area contributed by atoms with E-state index in [1.807, 2.05) is 39.2 Å². The highest BCUT2D eigenvalue weighted by Gasteiger charge is 2.19. The van der Waals surface area contributed by atoms with Gasteiger partial charge >= 0.3 is 0 Å². The smallest absolute Gasteiger partial charge is 0.251 e. The molecule has 3 heteroatoms. The molecule has 1 rings (SSSR count). The molecular weight excluding hydrogens is 188 g/mol. The van der Waals surface area contributed by atoms with Crippen LogP contribution in [0.5, 0.6) is 0 Å². The lowest BCUT2D eigenvalue weighted by molar-refractivity contribution is 0.373. The quantitative estimate of drug-likeness (QED) is 0.763. The number of hydrogen-bond donors (Lipinski definition) is 1. The van der Waals surface area contributed by atoms with E-state index in [9.17, 15) is 4.79 Å². The van der Waals surface area contributed by atoms with E-state index in [1.165, 1.54) is 0 Å². The van der Waals surface area contributed by atoms with Gasteiger partial charge in [-0.15, -0.1) is 0 Å². The second kappa shape index (κ2) is 3.81. The molecule has 0 spiro atoms. The molecule has 0 aliphatic carbocycles. The fraction of sp³-hybridized carbons (Fsp3) is 0.583. The second-order valence-corrected chi connectivity index (χ2v) is 4.94. The predicted octanol–water partition coefficient (Wildman–Crippen LogP) is 1.68. The molecular formula is C12H20N2O. The Morgan fingerprint density at radius 3 is 2.27 bits per heavy atom. The molecule has 3 nitrogen and oxygen atoms in total. The molecule has 0 fully saturated rings. The maximum Gasteiger partial charge on any atom is 0.251 e. The van der Waals surface area contributed by atoms with Gasteiger partial charge in [0.05, 0.1) is 0 Å². The van der Waals surface area contributed by atoms with E-state index in [0.717, 1.165) is 16.8 Å². The average molecular weight is 208 g/mol. The van der Waals surface area contributed by atoms with Crippen LogP contribution in [0.4, 0.5) is 0 Å². The van der Waals surface area contributed by atoms with Gasteiger partial charge in [0.25, 0.3) is 5.56 Å². The van der Waals surface area contributed by atoms with E-state index < -0.39 is 0 Å². The Labute approximate surface area is 90.9 Å². The first-order valence-electron chi connectivity index (χ1n) is 5.21. The summed E-state index contributed by atoms with van der Waals surface area (Å²) in [5.41, 5.74) is 8.60. The zero-order valence-electron chi connectivity index (χ0n) is 10.2. The third kappa shape index (κ3) is 2.12. The van der Waals surface area contributed by atoms with Gasteiger partial charge in [-0.2, -0.15) is 0 Å². The number of aryl methyl sites for hydroxylation is 1. The summed E-state index contributed by atoms with van der Waals surface area (Å²) >= 11 is 0. The first-order valence-corrected chi connectivity index (χ1v) is 5.21. The van der Waals surface area contributed by atoms with Gasteiger partial charge in [0.1, 0.15) is 0 Å². The van der Waals surface area contributed by atoms with Crippen LogP contribution in [-0.4, -0.2) is 4.57 Å². The van der Waals surface area contributed by atoms with Crippen molar-refractivity contribution in [3.63, 3.8) is 0 Å². The summed E-state index contributed by atoms with van der Waals surface area (Å²) in [7, 11) is 0. The summed E-state index contributed by atoms with van der Waals surface area (Å²) in [6.45, 7) is 10.4. The van der Waals surface area contributed by atoms with Crippen LogP contribution in [0.2, 0.25) is 0 Å². The van der Waals surface area contributed by atoms with Gasteiger partial charge in [-0.25, -0.2) is 0 Å². The van der Waals surface area contributed by atoms with Crippen molar-refractivity contribution in [3.05, 3.63) is 33.2 Å². The van der Waals surface area contributed by atoms with Gasteiger partial charge in [0, 0.05) is 23.8 Å². The predicted molar refractivity (Wildman–Crippen MR) is 63.1 cm³/mol. The van der Waals surface area contributed by atoms with E-state index in [1.54, 1.807) is 6.07 Å². The third-order valence-electron chi connectivity index (χ3n) is 2.68. The average Bonchev–Trinajstić information content (AvgIpc) is 2.00. The van der Waals surface area contributed by atoms with Crippen LogP contribution in [0.25, 0.3) is 0 Å². The highest BCUT2D eigenvalue weighted by molar-refractivity contribution is 5.29. The summed E-state index contributed by atoms with van der Waals surface area (Å²) in [6, 6.07) is 1.67. The molecule has 2 N–H and O–H groups in total. The molecule has 0 radical (unpaired) electrons. The van der Waals surface area contributed by atoms with Crippen molar-refractivity contribution in [2.45, 2.75) is 46.7 Å². The number of nitrogens with two attached hydrogens (primary N) is 1. The van der Waals surface area contributed by atoms with Crippen molar-refractivity contribution in [3.8, 4) is 0 Å². The van der Waals surface area contributed by atoms with Gasteiger partial charge < -0.3 is 10.3 Å². The van der Waals surface area contributed by atoms with E-state index in [-0.39, 0.29) is 11.1 Å². The Morgan fingerprint density at radius 2 is 1.87 bits per heavy atom. The topological polar surface area (TPSA) is 48.0 Å². The second-order valence-electron chi connectivity index (χ2n) is 4.94. The molecule has 84 valence electrons. The van der Waals surface area contributed by atoms with Gasteiger partial charge in [-0.05, 0) is 45.7 Å². The van der Waals surface area contributed by atoms with Crippen molar-refractivity contribution >= 4 is 0 Å². The Kier molecular flexibility index (Phi) is 3.05. The lowest BCUT2D eigenvalue weighted by Gasteiger charge is -2.27. The van der Waals surface area contributed by atoms with Crippen LogP contribution >= 0.6 is 0 Å². The molecule has 0 aliphatic rings. The van der Waals surface area contributed by atoms with E-state index in [4.69, 9.17) is 5.73 Å². The fourth-order valence-corrected chi connectivity index (χ4v) is 2.06. The van der Waals surface area contributed by atoms with Crippen molar-refractivity contribution in [1.29, 1.82) is 0 Å². The number of aromatic nitrogens is 1. The molecule has 0 aliphatic heterocycles. The van der Waals surface area contributed by atoms with Crippen LogP contribution in [0.15, 0.2) is 10.9 Å². The Bertz CT molecular complexity index is 424. The van der Waals surface area contributed by atoms with Gasteiger partial charge in [-0.1, -0.05) is 0 Å². The zero-order valence-corrected chi connectivity index (χ0v) is 10.2. The molecule has 0 atom stereocenters. The number of nitrogens with zero attached hydrogens (tertiary/aromatic N) is 1. The lowest BCUT2D eigenvalue weighted by atomic mass is 10.0. The summed E-state index contributed by atoms with van der Waals surface area (Å²) < 4.78 is 1.81. The first-order chi connectivity index (χ1) is 6.79. The molecule has 0 saturated carbocycles. The molecule has 0 amide bonds. The maximum atomic E-state index is 11.9. The van der Waals surface area contributed by atoms with E-state index >= 15 is 0 Å². The Hall–Kier alpha value is -1.09. The number of hydrogen-bond acceptors (Lipinski definition) is 2. The zero-order chi connectivity index (χ0) is 11.8. The molecule has 0 unspecified atom stereocenters. The molecule has 0 aromatic carbocycles. The Balaban J connectivity index is 3.61. The molecule has 1 aromatic rings. The number of pyridine rings is 1. The van der Waals surface area contributed by atoms with Crippen LogP contribution in [0.3, 0.4) is 0 Å². The Morgan fingerprint density at radius 1 is 1.33 bits per heavy atom. The fourth-order valence-electron chi connectivity index (χ4n) is 2.06. The van der Waals surface area contributed by atoms with Crippen LogP contribution < -0.4 is 11.3 Å². The summed E-state index contributed by atoms with van der Waals surface area (Å²) in [5.74, 6) is 0. The molecule has 1 aromatic heterocycles. The van der Waals surface area contributed by atoms with Crippen LogP contribution in [0, 0.1) is 13.8 Å². The van der Waals surface area contributed by atoms with E-state index in [0.29, 0.717) is 6.54 Å². The van der Waals surface area contributed by atoms with E-state index in [2.05, 4.69) is 0 Å². The SMILES string of the molecule is Cc1cc(=O)n(C(C)(C)C)c(C)c1CN. The van der Waals surface area contributed by atoms with Crippen molar-refractivity contribution < 1.29 is 0 Å².